The molecule has 0 bridgehead atoms. The SMILES string of the molecule is COCC(CCCN)N[C@H](CO)Cc1ccccc1. The summed E-state index contributed by atoms with van der Waals surface area (Å²) in [5, 5.41) is 13.0. The number of hydrogen-bond acceptors (Lipinski definition) is 4. The van der Waals surface area contributed by atoms with E-state index in [9.17, 15) is 5.11 Å². The van der Waals surface area contributed by atoms with Crippen LogP contribution in [0.25, 0.3) is 0 Å². The summed E-state index contributed by atoms with van der Waals surface area (Å²) in [5.74, 6) is 0. The molecule has 1 aromatic rings. The van der Waals surface area contributed by atoms with Crippen LogP contribution in [0.4, 0.5) is 0 Å². The van der Waals surface area contributed by atoms with Crippen molar-refractivity contribution in [3.63, 3.8) is 0 Å². The molecule has 0 fully saturated rings. The van der Waals surface area contributed by atoms with Crippen molar-refractivity contribution in [2.45, 2.75) is 31.3 Å². The van der Waals surface area contributed by atoms with Crippen LogP contribution in [-0.2, 0) is 11.2 Å². The van der Waals surface area contributed by atoms with Crippen LogP contribution >= 0.6 is 0 Å². The minimum absolute atomic E-state index is 0.0559. The maximum atomic E-state index is 9.50. The standard InChI is InChI=1S/C15H26N2O2/c1-19-12-14(8-5-9-16)17-15(11-18)10-13-6-3-2-4-7-13/h2-4,6-7,14-15,17-18H,5,8-12,16H2,1H3/t14?,15-/m0/s1. The van der Waals surface area contributed by atoms with Gasteiger partial charge in [0.1, 0.15) is 0 Å². The van der Waals surface area contributed by atoms with Gasteiger partial charge in [0.05, 0.1) is 13.2 Å². The predicted octanol–water partition coefficient (Wildman–Crippen LogP) is 0.934. The van der Waals surface area contributed by atoms with Crippen LogP contribution < -0.4 is 11.1 Å². The molecule has 1 rings (SSSR count). The average Bonchev–Trinajstić information content (AvgIpc) is 2.45. The molecule has 0 aliphatic rings. The Balaban J connectivity index is 2.48. The zero-order valence-electron chi connectivity index (χ0n) is 11.7. The molecular formula is C15H26N2O2. The van der Waals surface area contributed by atoms with Crippen molar-refractivity contribution >= 4 is 0 Å². The fourth-order valence-electron chi connectivity index (χ4n) is 2.19. The molecule has 0 aliphatic heterocycles. The molecule has 2 atom stereocenters. The second-order valence-corrected chi connectivity index (χ2v) is 4.82. The number of aliphatic hydroxyl groups excluding tert-OH is 1. The summed E-state index contributed by atoms with van der Waals surface area (Å²) < 4.78 is 5.21. The summed E-state index contributed by atoms with van der Waals surface area (Å²) >= 11 is 0. The van der Waals surface area contributed by atoms with Crippen molar-refractivity contribution in [1.29, 1.82) is 0 Å². The van der Waals surface area contributed by atoms with Gasteiger partial charge in [0.15, 0.2) is 0 Å². The van der Waals surface area contributed by atoms with E-state index in [0.717, 1.165) is 19.3 Å². The van der Waals surface area contributed by atoms with Gasteiger partial charge < -0.3 is 20.9 Å². The minimum atomic E-state index is 0.0559. The van der Waals surface area contributed by atoms with Gasteiger partial charge in [0.2, 0.25) is 0 Å². The van der Waals surface area contributed by atoms with E-state index in [1.807, 2.05) is 18.2 Å². The molecule has 0 radical (unpaired) electrons. The monoisotopic (exact) mass is 266 g/mol. The third kappa shape index (κ3) is 6.68. The fourth-order valence-corrected chi connectivity index (χ4v) is 2.19. The molecule has 4 heteroatoms. The van der Waals surface area contributed by atoms with Crippen molar-refractivity contribution in [3.05, 3.63) is 35.9 Å². The van der Waals surface area contributed by atoms with Gasteiger partial charge in [-0.05, 0) is 31.4 Å². The third-order valence-corrected chi connectivity index (χ3v) is 3.14. The third-order valence-electron chi connectivity index (χ3n) is 3.14. The van der Waals surface area contributed by atoms with E-state index in [1.54, 1.807) is 7.11 Å². The number of nitrogens with one attached hydrogen (secondary N) is 1. The molecule has 4 N–H and O–H groups in total. The normalized spacial score (nSPS) is 14.3. The number of hydrogen-bond donors (Lipinski definition) is 3. The molecule has 0 aromatic heterocycles. The Morgan fingerprint density at radius 1 is 1.26 bits per heavy atom. The molecule has 4 nitrogen and oxygen atoms in total. The highest BCUT2D eigenvalue weighted by molar-refractivity contribution is 5.15. The topological polar surface area (TPSA) is 67.5 Å². The number of benzene rings is 1. The fraction of sp³-hybridized carbons (Fsp3) is 0.600. The van der Waals surface area contributed by atoms with Crippen LogP contribution in [0, 0.1) is 0 Å². The van der Waals surface area contributed by atoms with E-state index in [0.29, 0.717) is 13.2 Å². The van der Waals surface area contributed by atoms with Crippen molar-refractivity contribution in [3.8, 4) is 0 Å². The first-order chi connectivity index (χ1) is 9.30. The highest BCUT2D eigenvalue weighted by atomic mass is 16.5. The van der Waals surface area contributed by atoms with Gasteiger partial charge in [-0.25, -0.2) is 0 Å². The van der Waals surface area contributed by atoms with E-state index in [4.69, 9.17) is 10.5 Å². The smallest absolute Gasteiger partial charge is 0.0615 e. The van der Waals surface area contributed by atoms with Crippen LogP contribution in [0.1, 0.15) is 18.4 Å². The highest BCUT2D eigenvalue weighted by Crippen LogP contribution is 2.05. The van der Waals surface area contributed by atoms with Crippen LogP contribution in [0.2, 0.25) is 0 Å². The molecule has 0 aliphatic carbocycles. The molecular weight excluding hydrogens is 240 g/mol. The Morgan fingerprint density at radius 2 is 2.00 bits per heavy atom. The van der Waals surface area contributed by atoms with E-state index >= 15 is 0 Å². The lowest BCUT2D eigenvalue weighted by Crippen LogP contribution is -2.44. The molecule has 108 valence electrons. The quantitative estimate of drug-likeness (QED) is 0.589. The lowest BCUT2D eigenvalue weighted by molar-refractivity contribution is 0.143. The second-order valence-electron chi connectivity index (χ2n) is 4.82. The Hall–Kier alpha value is -0.940. The van der Waals surface area contributed by atoms with Crippen molar-refractivity contribution in [2.75, 3.05) is 26.9 Å². The number of nitrogens with two attached hydrogens (primary N) is 1. The van der Waals surface area contributed by atoms with Crippen LogP contribution in [0.3, 0.4) is 0 Å². The molecule has 1 unspecified atom stereocenters. The molecule has 1 aromatic carbocycles. The molecule has 0 spiro atoms. The number of aliphatic hydroxyl groups is 1. The van der Waals surface area contributed by atoms with Gasteiger partial charge in [0.25, 0.3) is 0 Å². The number of rotatable bonds is 10. The zero-order valence-corrected chi connectivity index (χ0v) is 11.7. The van der Waals surface area contributed by atoms with Gasteiger partial charge >= 0.3 is 0 Å². The molecule has 0 heterocycles. The van der Waals surface area contributed by atoms with E-state index in [-0.39, 0.29) is 18.7 Å². The summed E-state index contributed by atoms with van der Waals surface area (Å²) in [6, 6.07) is 10.5. The van der Waals surface area contributed by atoms with Gasteiger partial charge in [-0.2, -0.15) is 0 Å². The summed E-state index contributed by atoms with van der Waals surface area (Å²) in [6.07, 6.45) is 2.75. The minimum Gasteiger partial charge on any atom is -0.395 e. The summed E-state index contributed by atoms with van der Waals surface area (Å²) in [4.78, 5) is 0. The van der Waals surface area contributed by atoms with Gasteiger partial charge in [0, 0.05) is 19.2 Å². The van der Waals surface area contributed by atoms with E-state index in [1.165, 1.54) is 5.56 Å². The zero-order chi connectivity index (χ0) is 13.9. The summed E-state index contributed by atoms with van der Waals surface area (Å²) in [6.45, 7) is 1.45. The van der Waals surface area contributed by atoms with Crippen molar-refractivity contribution in [1.82, 2.24) is 5.32 Å². The van der Waals surface area contributed by atoms with Crippen LogP contribution in [0.5, 0.6) is 0 Å². The van der Waals surface area contributed by atoms with Crippen LogP contribution in [0.15, 0.2) is 30.3 Å². The van der Waals surface area contributed by atoms with Crippen LogP contribution in [-0.4, -0.2) is 44.1 Å². The Kier molecular flexibility index (Phi) is 8.41. The summed E-state index contributed by atoms with van der Waals surface area (Å²) in [7, 11) is 1.70. The molecule has 0 saturated carbocycles. The van der Waals surface area contributed by atoms with E-state index < -0.39 is 0 Å². The summed E-state index contributed by atoms with van der Waals surface area (Å²) in [5.41, 5.74) is 6.77. The lowest BCUT2D eigenvalue weighted by Gasteiger charge is -2.24. The average molecular weight is 266 g/mol. The first-order valence-electron chi connectivity index (χ1n) is 6.90. The Morgan fingerprint density at radius 3 is 2.58 bits per heavy atom. The van der Waals surface area contributed by atoms with Gasteiger partial charge in [-0.15, -0.1) is 0 Å². The maximum absolute atomic E-state index is 9.50. The largest absolute Gasteiger partial charge is 0.395 e. The van der Waals surface area contributed by atoms with Gasteiger partial charge in [-0.1, -0.05) is 30.3 Å². The van der Waals surface area contributed by atoms with Crippen molar-refractivity contribution < 1.29 is 9.84 Å². The Bertz CT molecular complexity index is 319. The van der Waals surface area contributed by atoms with Crippen molar-refractivity contribution in [2.24, 2.45) is 5.73 Å². The highest BCUT2D eigenvalue weighted by Gasteiger charge is 2.14. The second kappa shape index (κ2) is 9.92. The first kappa shape index (κ1) is 16.1. The molecule has 19 heavy (non-hydrogen) atoms. The van der Waals surface area contributed by atoms with E-state index in [2.05, 4.69) is 17.4 Å². The molecule has 0 saturated heterocycles. The predicted molar refractivity (Wildman–Crippen MR) is 78.1 cm³/mol. The Labute approximate surface area is 116 Å². The molecule has 0 amide bonds. The van der Waals surface area contributed by atoms with Gasteiger partial charge in [-0.3, -0.25) is 0 Å². The lowest BCUT2D eigenvalue weighted by atomic mass is 10.0. The maximum Gasteiger partial charge on any atom is 0.0615 e. The number of ether oxygens (including phenoxy) is 1. The number of methoxy groups -OCH3 is 1. The first-order valence-corrected chi connectivity index (χ1v) is 6.90.